The minimum atomic E-state index is -3.49. The third-order valence-electron chi connectivity index (χ3n) is 3.03. The highest BCUT2D eigenvalue weighted by Crippen LogP contribution is 2.21. The van der Waals surface area contributed by atoms with Crippen molar-refractivity contribution in [2.45, 2.75) is 19.8 Å². The van der Waals surface area contributed by atoms with Crippen molar-refractivity contribution < 1.29 is 13.2 Å². The van der Waals surface area contributed by atoms with Crippen LogP contribution in [0.15, 0.2) is 24.3 Å². The molecule has 0 aliphatic heterocycles. The molecule has 112 valence electrons. The first-order valence-electron chi connectivity index (χ1n) is 6.40. The molecule has 0 saturated heterocycles. The Bertz CT molecular complexity index is 563. The number of hydrogen-bond acceptors (Lipinski definition) is 3. The van der Waals surface area contributed by atoms with Crippen LogP contribution in [0.4, 0.5) is 5.69 Å². The van der Waals surface area contributed by atoms with E-state index in [-0.39, 0.29) is 12.5 Å². The zero-order valence-corrected chi connectivity index (χ0v) is 13.4. The largest absolute Gasteiger partial charge is 0.347 e. The van der Waals surface area contributed by atoms with E-state index in [2.05, 4.69) is 13.8 Å². The number of sulfonamides is 1. The molecule has 1 aromatic carbocycles. The maximum absolute atomic E-state index is 11.9. The van der Waals surface area contributed by atoms with Crippen LogP contribution < -0.4 is 4.31 Å². The van der Waals surface area contributed by atoms with Crippen molar-refractivity contribution in [3.05, 3.63) is 29.8 Å². The van der Waals surface area contributed by atoms with E-state index >= 15 is 0 Å². The molecule has 20 heavy (non-hydrogen) atoms. The van der Waals surface area contributed by atoms with Crippen molar-refractivity contribution in [2.75, 3.05) is 31.2 Å². The fraction of sp³-hybridized carbons (Fsp3) is 0.500. The molecule has 0 aromatic heterocycles. The number of rotatable bonds is 5. The number of hydrogen-bond donors (Lipinski definition) is 0. The molecule has 0 unspecified atom stereocenters. The number of anilines is 1. The van der Waals surface area contributed by atoms with E-state index in [1.54, 1.807) is 26.2 Å². The molecule has 5 nitrogen and oxygen atoms in total. The first-order chi connectivity index (χ1) is 9.12. The average Bonchev–Trinajstić information content (AvgIpc) is 2.34. The maximum Gasteiger partial charge on any atom is 0.242 e. The van der Waals surface area contributed by atoms with E-state index in [4.69, 9.17) is 0 Å². The first kappa shape index (κ1) is 16.5. The fourth-order valence-corrected chi connectivity index (χ4v) is 2.54. The average molecular weight is 298 g/mol. The number of carbonyl (C=O) groups is 1. The van der Waals surface area contributed by atoms with E-state index in [1.165, 1.54) is 4.90 Å². The predicted octanol–water partition coefficient (Wildman–Crippen LogP) is 1.66. The highest BCUT2D eigenvalue weighted by atomic mass is 32.2. The monoisotopic (exact) mass is 298 g/mol. The molecule has 0 bridgehead atoms. The van der Waals surface area contributed by atoms with Gasteiger partial charge in [0.05, 0.1) is 11.9 Å². The third kappa shape index (κ3) is 4.23. The second kappa shape index (κ2) is 6.26. The number of carbonyl (C=O) groups excluding carboxylic acids is 1. The summed E-state index contributed by atoms with van der Waals surface area (Å²) >= 11 is 0. The Balaban J connectivity index is 3.09. The molecule has 1 amide bonds. The van der Waals surface area contributed by atoms with Crippen LogP contribution in [0.5, 0.6) is 0 Å². The van der Waals surface area contributed by atoms with Gasteiger partial charge >= 0.3 is 0 Å². The molecule has 6 heteroatoms. The van der Waals surface area contributed by atoms with Gasteiger partial charge in [0.25, 0.3) is 0 Å². The van der Waals surface area contributed by atoms with Crippen molar-refractivity contribution >= 4 is 21.6 Å². The predicted molar refractivity (Wildman–Crippen MR) is 81.4 cm³/mol. The van der Waals surface area contributed by atoms with Gasteiger partial charge < -0.3 is 4.90 Å². The van der Waals surface area contributed by atoms with Crippen molar-refractivity contribution in [3.63, 3.8) is 0 Å². The molecule has 0 atom stereocenters. The smallest absolute Gasteiger partial charge is 0.242 e. The lowest BCUT2D eigenvalue weighted by molar-refractivity contribution is -0.127. The van der Waals surface area contributed by atoms with Gasteiger partial charge in [0, 0.05) is 14.1 Å². The van der Waals surface area contributed by atoms with Gasteiger partial charge in [-0.25, -0.2) is 8.42 Å². The number of likely N-dealkylation sites (N-methyl/N-ethyl adjacent to an activating group) is 1. The molecule has 0 radical (unpaired) electrons. The number of benzene rings is 1. The lowest BCUT2D eigenvalue weighted by Gasteiger charge is -2.23. The van der Waals surface area contributed by atoms with E-state index < -0.39 is 10.0 Å². The minimum absolute atomic E-state index is 0.188. The molecule has 0 heterocycles. The van der Waals surface area contributed by atoms with Crippen molar-refractivity contribution in [3.8, 4) is 0 Å². The van der Waals surface area contributed by atoms with Gasteiger partial charge in [-0.3, -0.25) is 9.10 Å². The van der Waals surface area contributed by atoms with Crippen LogP contribution in [0, 0.1) is 0 Å². The first-order valence-corrected chi connectivity index (χ1v) is 8.25. The molecule has 1 aromatic rings. The van der Waals surface area contributed by atoms with E-state index in [1.807, 2.05) is 12.1 Å². The van der Waals surface area contributed by atoms with Gasteiger partial charge in [0.15, 0.2) is 0 Å². The van der Waals surface area contributed by atoms with E-state index in [0.717, 1.165) is 16.1 Å². The Morgan fingerprint density at radius 3 is 2.00 bits per heavy atom. The minimum Gasteiger partial charge on any atom is -0.347 e. The lowest BCUT2D eigenvalue weighted by atomic mass is 10.0. The fourth-order valence-electron chi connectivity index (χ4n) is 1.69. The van der Waals surface area contributed by atoms with Crippen LogP contribution in [0.3, 0.4) is 0 Å². The summed E-state index contributed by atoms with van der Waals surface area (Å²) in [5.41, 5.74) is 1.63. The van der Waals surface area contributed by atoms with Gasteiger partial charge in [0.1, 0.15) is 6.54 Å². The Kier molecular flexibility index (Phi) is 5.16. The van der Waals surface area contributed by atoms with Crippen LogP contribution >= 0.6 is 0 Å². The zero-order chi connectivity index (χ0) is 15.5. The molecule has 0 fully saturated rings. The number of amides is 1. The van der Waals surface area contributed by atoms with Gasteiger partial charge in [-0.1, -0.05) is 26.0 Å². The third-order valence-corrected chi connectivity index (χ3v) is 4.17. The molecule has 1 rings (SSSR count). The Morgan fingerprint density at radius 2 is 1.65 bits per heavy atom. The Hall–Kier alpha value is -1.56. The van der Waals surface area contributed by atoms with Crippen LogP contribution in [-0.4, -0.2) is 46.1 Å². The van der Waals surface area contributed by atoms with E-state index in [0.29, 0.717) is 11.6 Å². The van der Waals surface area contributed by atoms with Gasteiger partial charge in [0.2, 0.25) is 15.9 Å². The topological polar surface area (TPSA) is 57.7 Å². The Morgan fingerprint density at radius 1 is 1.15 bits per heavy atom. The Labute approximate surface area is 121 Å². The second-order valence-electron chi connectivity index (χ2n) is 5.30. The summed E-state index contributed by atoms with van der Waals surface area (Å²) in [6, 6.07) is 7.25. The van der Waals surface area contributed by atoms with Crippen LogP contribution in [0.25, 0.3) is 0 Å². The molecule has 0 saturated carbocycles. The van der Waals surface area contributed by atoms with Gasteiger partial charge in [-0.05, 0) is 23.6 Å². The van der Waals surface area contributed by atoms with E-state index in [9.17, 15) is 13.2 Å². The summed E-state index contributed by atoms with van der Waals surface area (Å²) in [6.45, 7) is 3.95. The summed E-state index contributed by atoms with van der Waals surface area (Å²) in [4.78, 5) is 13.1. The maximum atomic E-state index is 11.9. The van der Waals surface area contributed by atoms with Gasteiger partial charge in [-0.15, -0.1) is 0 Å². The van der Waals surface area contributed by atoms with Crippen LogP contribution in [-0.2, 0) is 14.8 Å². The molecule has 0 spiro atoms. The molecule has 0 aliphatic carbocycles. The highest BCUT2D eigenvalue weighted by Gasteiger charge is 2.21. The van der Waals surface area contributed by atoms with Crippen molar-refractivity contribution in [1.29, 1.82) is 0 Å². The van der Waals surface area contributed by atoms with Crippen molar-refractivity contribution in [1.82, 2.24) is 4.90 Å². The molecule has 0 aliphatic rings. The highest BCUT2D eigenvalue weighted by molar-refractivity contribution is 7.92. The van der Waals surface area contributed by atoms with Crippen molar-refractivity contribution in [2.24, 2.45) is 0 Å². The summed E-state index contributed by atoms with van der Waals surface area (Å²) in [5.74, 6) is 0.113. The lowest BCUT2D eigenvalue weighted by Crippen LogP contribution is -2.39. The standard InChI is InChI=1S/C14H22N2O3S/c1-11(2)12-6-8-13(9-7-12)16(20(5,18)19)10-14(17)15(3)4/h6-9,11H,10H2,1-5H3. The summed E-state index contributed by atoms with van der Waals surface area (Å²) < 4.78 is 24.9. The molecule has 0 N–H and O–H groups in total. The second-order valence-corrected chi connectivity index (χ2v) is 7.21. The van der Waals surface area contributed by atoms with Crippen LogP contribution in [0.1, 0.15) is 25.3 Å². The zero-order valence-electron chi connectivity index (χ0n) is 12.6. The summed E-state index contributed by atoms with van der Waals surface area (Å²) in [5, 5.41) is 0. The molecular formula is C14H22N2O3S. The SMILES string of the molecule is CC(C)c1ccc(N(CC(=O)N(C)C)S(C)(=O)=O)cc1. The normalized spacial score (nSPS) is 11.5. The molecular weight excluding hydrogens is 276 g/mol. The van der Waals surface area contributed by atoms with Crippen LogP contribution in [0.2, 0.25) is 0 Å². The summed E-state index contributed by atoms with van der Waals surface area (Å²) in [6.07, 6.45) is 1.10. The quantitative estimate of drug-likeness (QED) is 0.831. The van der Waals surface area contributed by atoms with Gasteiger partial charge in [-0.2, -0.15) is 0 Å². The number of nitrogens with zero attached hydrogens (tertiary/aromatic N) is 2. The summed E-state index contributed by atoms with van der Waals surface area (Å²) in [7, 11) is -0.290.